The maximum Gasteiger partial charge on any atom is 0.514 e. The van der Waals surface area contributed by atoms with Gasteiger partial charge in [-0.05, 0) is 60.4 Å². The zero-order valence-corrected chi connectivity index (χ0v) is 30.9. The first-order valence-corrected chi connectivity index (χ1v) is 18.1. The lowest BCUT2D eigenvalue weighted by Crippen LogP contribution is -2.79. The number of hydrogen-bond donors (Lipinski definition) is 3. The van der Waals surface area contributed by atoms with Crippen LogP contribution in [0, 0.1) is 10.1 Å². The summed E-state index contributed by atoms with van der Waals surface area (Å²) in [6, 6.07) is 26.4. The van der Waals surface area contributed by atoms with Crippen molar-refractivity contribution in [1.82, 2.24) is 15.5 Å². The summed E-state index contributed by atoms with van der Waals surface area (Å²) >= 11 is 1.22. The number of ether oxygens (including phenoxy) is 4. The monoisotopic (exact) mass is 783 g/mol. The van der Waals surface area contributed by atoms with Crippen LogP contribution < -0.4 is 21.1 Å². The van der Waals surface area contributed by atoms with Crippen LogP contribution in [0.4, 0.5) is 15.3 Å². The van der Waals surface area contributed by atoms with E-state index < -0.39 is 62.8 Å². The molecule has 2 saturated heterocycles. The Balaban J connectivity index is 1.14. The van der Waals surface area contributed by atoms with Crippen molar-refractivity contribution in [3.8, 4) is 5.75 Å². The summed E-state index contributed by atoms with van der Waals surface area (Å²) in [4.78, 5) is 78.1. The molecule has 4 N–H and O–H groups in total. The Kier molecular flexibility index (Phi) is 11.6. The molecular weight excluding hydrogens is 747 g/mol. The largest absolute Gasteiger partial charge is 0.514 e. The standard InChI is InChI=1S/C39H37N5O11S/c1-38(2)39(40,35(47)52-21-24-9-5-3-6-10-24)43-33(46)31(34(43)56-38)41-32(45)30(42-36(48)53-22-26-13-17-28(18-14-26)44(50)51)27-15-19-29(20-16-27)55-37(49)54-23-25-11-7-4-8-12-25/h3-20,30-31,34H,21-23,40H2,1-2H3,(H,41,45)(H,42,48)/t30?,31-,34+,39-/m0/s1. The molecule has 17 heteroatoms. The number of amides is 3. The summed E-state index contributed by atoms with van der Waals surface area (Å²) < 4.78 is 20.3. The fourth-order valence-corrected chi connectivity index (χ4v) is 7.74. The zero-order valence-electron chi connectivity index (χ0n) is 30.1. The molecule has 4 aromatic carbocycles. The van der Waals surface area contributed by atoms with Crippen molar-refractivity contribution in [3.05, 3.63) is 142 Å². The third kappa shape index (κ3) is 8.43. The fourth-order valence-electron chi connectivity index (χ4n) is 6.08. The average molecular weight is 784 g/mol. The summed E-state index contributed by atoms with van der Waals surface area (Å²) in [7, 11) is 0. The normalized spacial score (nSPS) is 19.7. The number of nitrogens with one attached hydrogen (secondary N) is 2. The molecule has 2 aliphatic rings. The average Bonchev–Trinajstić information content (AvgIpc) is 3.40. The Hall–Kier alpha value is -6.46. The van der Waals surface area contributed by atoms with E-state index in [9.17, 15) is 34.1 Å². The van der Waals surface area contributed by atoms with E-state index in [2.05, 4.69) is 10.6 Å². The summed E-state index contributed by atoms with van der Waals surface area (Å²) in [5, 5.41) is 15.4. The molecule has 3 amide bonds. The Bertz CT molecular complexity index is 2100. The number of rotatable bonds is 13. The molecule has 0 aliphatic carbocycles. The lowest BCUT2D eigenvalue weighted by Gasteiger charge is -2.48. The number of nitrogens with two attached hydrogens (primary N) is 1. The number of fused-ring (bicyclic) bond motifs is 1. The van der Waals surface area contributed by atoms with E-state index in [0.29, 0.717) is 5.56 Å². The number of nitro benzene ring substituents is 1. The van der Waals surface area contributed by atoms with Gasteiger partial charge in [0, 0.05) is 12.1 Å². The van der Waals surface area contributed by atoms with E-state index in [0.717, 1.165) is 11.1 Å². The Morgan fingerprint density at radius 2 is 1.38 bits per heavy atom. The van der Waals surface area contributed by atoms with Crippen molar-refractivity contribution in [1.29, 1.82) is 0 Å². The molecule has 0 saturated carbocycles. The van der Waals surface area contributed by atoms with Gasteiger partial charge in [0.15, 0.2) is 0 Å². The molecule has 2 heterocycles. The number of alkyl carbamates (subject to hydrolysis) is 1. The minimum atomic E-state index is -1.85. The number of carbonyl (C=O) groups is 5. The topological polar surface area (TPSA) is 219 Å². The van der Waals surface area contributed by atoms with Crippen LogP contribution in [0.3, 0.4) is 0 Å². The maximum atomic E-state index is 13.9. The van der Waals surface area contributed by atoms with Crippen LogP contribution in [0.15, 0.2) is 109 Å². The van der Waals surface area contributed by atoms with Gasteiger partial charge in [0.1, 0.15) is 43.0 Å². The Morgan fingerprint density at radius 1 is 0.821 bits per heavy atom. The van der Waals surface area contributed by atoms with Crippen LogP contribution in [0.25, 0.3) is 0 Å². The first-order valence-electron chi connectivity index (χ1n) is 17.2. The zero-order chi connectivity index (χ0) is 40.0. The van der Waals surface area contributed by atoms with Crippen LogP contribution in [0.1, 0.15) is 42.1 Å². The molecule has 16 nitrogen and oxygen atoms in total. The molecule has 0 spiro atoms. The van der Waals surface area contributed by atoms with Gasteiger partial charge in [-0.25, -0.2) is 14.4 Å². The van der Waals surface area contributed by atoms with Crippen molar-refractivity contribution in [3.63, 3.8) is 0 Å². The number of β-lactam (4-membered cyclic amide) rings is 1. The van der Waals surface area contributed by atoms with E-state index in [1.54, 1.807) is 62.4 Å². The van der Waals surface area contributed by atoms with Gasteiger partial charge in [-0.15, -0.1) is 11.8 Å². The van der Waals surface area contributed by atoms with Gasteiger partial charge < -0.3 is 29.6 Å². The Morgan fingerprint density at radius 3 is 1.96 bits per heavy atom. The highest BCUT2D eigenvalue weighted by molar-refractivity contribution is 8.01. The van der Waals surface area contributed by atoms with E-state index >= 15 is 0 Å². The van der Waals surface area contributed by atoms with Crippen molar-refractivity contribution in [2.75, 3.05) is 0 Å². The van der Waals surface area contributed by atoms with Gasteiger partial charge in [-0.3, -0.25) is 30.3 Å². The predicted octanol–water partition coefficient (Wildman–Crippen LogP) is 4.85. The van der Waals surface area contributed by atoms with Crippen molar-refractivity contribution < 1.29 is 47.8 Å². The number of nitro groups is 1. The number of nitrogens with zero attached hydrogens (tertiary/aromatic N) is 2. The van der Waals surface area contributed by atoms with Crippen molar-refractivity contribution in [2.45, 2.75) is 61.5 Å². The molecule has 0 aromatic heterocycles. The molecule has 2 fully saturated rings. The molecule has 0 bridgehead atoms. The number of esters is 1. The maximum absolute atomic E-state index is 13.9. The number of non-ortho nitro benzene ring substituents is 1. The summed E-state index contributed by atoms with van der Waals surface area (Å²) in [5.41, 5.74) is 6.84. The van der Waals surface area contributed by atoms with E-state index in [1.807, 2.05) is 12.1 Å². The first-order chi connectivity index (χ1) is 26.8. The van der Waals surface area contributed by atoms with Crippen molar-refractivity contribution >= 4 is 47.5 Å². The highest BCUT2D eigenvalue weighted by atomic mass is 32.2. The molecule has 56 heavy (non-hydrogen) atoms. The Labute approximate surface area is 324 Å². The summed E-state index contributed by atoms with van der Waals surface area (Å²) in [5.74, 6) is -2.15. The third-order valence-corrected chi connectivity index (χ3v) is 10.9. The first kappa shape index (κ1) is 39.2. The third-order valence-electron chi connectivity index (χ3n) is 9.23. The number of thioether (sulfide) groups is 1. The second-order valence-electron chi connectivity index (χ2n) is 13.3. The summed E-state index contributed by atoms with van der Waals surface area (Å²) in [6.07, 6.45) is -1.98. The van der Waals surface area contributed by atoms with E-state index in [-0.39, 0.29) is 36.8 Å². The molecule has 2 aliphatic heterocycles. The van der Waals surface area contributed by atoms with Crippen LogP contribution in [0.2, 0.25) is 0 Å². The smallest absolute Gasteiger partial charge is 0.458 e. The highest BCUT2D eigenvalue weighted by Crippen LogP contribution is 2.55. The second kappa shape index (κ2) is 16.5. The quantitative estimate of drug-likeness (QED) is 0.0413. The van der Waals surface area contributed by atoms with Gasteiger partial charge >= 0.3 is 18.2 Å². The van der Waals surface area contributed by atoms with E-state index in [1.165, 1.54) is 65.2 Å². The van der Waals surface area contributed by atoms with Crippen LogP contribution >= 0.6 is 11.8 Å². The number of carbonyl (C=O) groups excluding carboxylic acids is 5. The molecule has 4 atom stereocenters. The van der Waals surface area contributed by atoms with Gasteiger partial charge in [0.2, 0.25) is 11.6 Å². The highest BCUT2D eigenvalue weighted by Gasteiger charge is 2.72. The predicted molar refractivity (Wildman–Crippen MR) is 200 cm³/mol. The molecule has 0 radical (unpaired) electrons. The molecular formula is C39H37N5O11S. The van der Waals surface area contributed by atoms with Crippen molar-refractivity contribution in [2.24, 2.45) is 5.73 Å². The molecule has 6 rings (SSSR count). The van der Waals surface area contributed by atoms with Crippen LogP contribution in [-0.2, 0) is 48.4 Å². The minimum absolute atomic E-state index is 0.0141. The van der Waals surface area contributed by atoms with Crippen LogP contribution in [0.5, 0.6) is 5.75 Å². The van der Waals surface area contributed by atoms with Gasteiger partial charge in [-0.2, -0.15) is 0 Å². The lowest BCUT2D eigenvalue weighted by molar-refractivity contribution is -0.384. The number of benzene rings is 4. The van der Waals surface area contributed by atoms with Crippen LogP contribution in [-0.4, -0.2) is 61.7 Å². The van der Waals surface area contributed by atoms with Gasteiger partial charge in [0.25, 0.3) is 11.6 Å². The molecule has 1 unspecified atom stereocenters. The molecule has 290 valence electrons. The summed E-state index contributed by atoms with van der Waals surface area (Å²) in [6.45, 7) is 3.06. The second-order valence-corrected chi connectivity index (χ2v) is 15.1. The fraction of sp³-hybridized carbons (Fsp3) is 0.256. The lowest BCUT2D eigenvalue weighted by atomic mass is 9.89. The van der Waals surface area contributed by atoms with E-state index in [4.69, 9.17) is 24.7 Å². The number of hydrogen-bond acceptors (Lipinski definition) is 13. The van der Waals surface area contributed by atoms with Gasteiger partial charge in [-0.1, -0.05) is 72.8 Å². The SMILES string of the molecule is CC1(C)S[C@@H]2[C@@H](NC(=O)C(NC(=O)OCc3ccc([N+](=O)[O-])cc3)c3ccc(OC(=O)OCc4ccccc4)cc3)C(=O)N2[C@@]1(N)C(=O)OCc1ccccc1. The molecule has 4 aromatic rings. The van der Waals surface area contributed by atoms with Gasteiger partial charge in [0.05, 0.1) is 9.67 Å². The minimum Gasteiger partial charge on any atom is -0.458 e.